The van der Waals surface area contributed by atoms with Crippen LogP contribution in [0.15, 0.2) is 54.2 Å². The van der Waals surface area contributed by atoms with E-state index in [1.54, 1.807) is 19.4 Å². The molecule has 8 nitrogen and oxygen atoms in total. The maximum atomic E-state index is 12.3. The Morgan fingerprint density at radius 3 is 2.96 bits per heavy atom. The molecule has 0 bridgehead atoms. The number of hydrogen-bond acceptors (Lipinski definition) is 6. The molecule has 1 amide bonds. The number of aromatic nitrogens is 3. The first-order valence-electron chi connectivity index (χ1n) is 9.15. The van der Waals surface area contributed by atoms with Crippen LogP contribution in [0, 0.1) is 0 Å². The zero-order valence-corrected chi connectivity index (χ0v) is 15.3. The number of aliphatic hydroxyl groups is 1. The van der Waals surface area contributed by atoms with Crippen molar-refractivity contribution in [2.75, 3.05) is 13.6 Å². The Balaban J connectivity index is 1.43. The van der Waals surface area contributed by atoms with E-state index in [2.05, 4.69) is 15.1 Å². The molecule has 1 N–H and O–H groups in total. The second-order valence-corrected chi connectivity index (χ2v) is 7.27. The van der Waals surface area contributed by atoms with Gasteiger partial charge < -0.3 is 14.8 Å². The predicted octanol–water partition coefficient (Wildman–Crippen LogP) is 1.48. The second kappa shape index (κ2) is 6.13. The summed E-state index contributed by atoms with van der Waals surface area (Å²) in [7, 11) is 1.69. The number of amides is 1. The Kier molecular flexibility index (Phi) is 3.70. The van der Waals surface area contributed by atoms with E-state index >= 15 is 0 Å². The lowest BCUT2D eigenvalue weighted by Crippen LogP contribution is -2.48. The summed E-state index contributed by atoms with van der Waals surface area (Å²) in [5, 5.41) is 15.0. The van der Waals surface area contributed by atoms with Crippen molar-refractivity contribution in [2.24, 2.45) is 5.16 Å². The van der Waals surface area contributed by atoms with Gasteiger partial charge in [0.15, 0.2) is 17.4 Å². The maximum Gasteiger partial charge on any atom is 0.258 e. The molecule has 1 saturated heterocycles. The number of fused-ring (bicyclic) bond motifs is 1. The van der Waals surface area contributed by atoms with E-state index in [0.717, 1.165) is 28.2 Å². The molecule has 2 aliphatic heterocycles. The summed E-state index contributed by atoms with van der Waals surface area (Å²) in [5.74, 6) is -0.304. The number of likely N-dealkylation sites (tertiary alicyclic amines) is 1. The SMILES string of the molecule is CN1CC[C@@](O)([C@@H]2CC(c3cccc(-c4cnc5cnccn45)c3)=NO2)C1=O. The molecule has 5 rings (SSSR count). The minimum Gasteiger partial charge on any atom is -0.388 e. The lowest BCUT2D eigenvalue weighted by molar-refractivity contribution is -0.156. The van der Waals surface area contributed by atoms with Crippen LogP contribution in [0.25, 0.3) is 16.9 Å². The van der Waals surface area contributed by atoms with Gasteiger partial charge in [0, 0.05) is 50.0 Å². The number of nitrogens with zero attached hydrogens (tertiary/aromatic N) is 5. The molecule has 2 atom stereocenters. The number of benzene rings is 1. The van der Waals surface area contributed by atoms with E-state index in [0.29, 0.717) is 19.4 Å². The maximum absolute atomic E-state index is 12.3. The van der Waals surface area contributed by atoms with Gasteiger partial charge in [-0.15, -0.1) is 0 Å². The van der Waals surface area contributed by atoms with Crippen LogP contribution in [-0.4, -0.2) is 61.3 Å². The molecule has 4 heterocycles. The summed E-state index contributed by atoms with van der Waals surface area (Å²) in [6, 6.07) is 7.92. The van der Waals surface area contributed by atoms with Crippen LogP contribution in [0.1, 0.15) is 18.4 Å². The Labute approximate surface area is 161 Å². The number of likely N-dealkylation sites (N-methyl/N-ethyl adjacent to an activating group) is 1. The first-order valence-corrected chi connectivity index (χ1v) is 9.15. The summed E-state index contributed by atoms with van der Waals surface area (Å²) in [5.41, 5.74) is 2.81. The van der Waals surface area contributed by atoms with E-state index in [1.165, 1.54) is 4.90 Å². The van der Waals surface area contributed by atoms with Crippen molar-refractivity contribution in [3.05, 3.63) is 54.6 Å². The molecular weight excluding hydrogens is 358 g/mol. The van der Waals surface area contributed by atoms with Crippen LogP contribution in [0.2, 0.25) is 0 Å². The van der Waals surface area contributed by atoms with E-state index < -0.39 is 11.7 Å². The molecule has 2 aliphatic rings. The largest absolute Gasteiger partial charge is 0.388 e. The molecule has 1 fully saturated rings. The van der Waals surface area contributed by atoms with Gasteiger partial charge in [-0.1, -0.05) is 23.4 Å². The zero-order valence-electron chi connectivity index (χ0n) is 15.3. The van der Waals surface area contributed by atoms with E-state index in [4.69, 9.17) is 4.84 Å². The Hall–Kier alpha value is -3.26. The van der Waals surface area contributed by atoms with Crippen molar-refractivity contribution in [3.8, 4) is 11.3 Å². The third-order valence-corrected chi connectivity index (χ3v) is 5.56. The lowest BCUT2D eigenvalue weighted by atomic mass is 9.90. The number of rotatable bonds is 3. The first kappa shape index (κ1) is 16.9. The topological polar surface area (TPSA) is 92.3 Å². The predicted molar refractivity (Wildman–Crippen MR) is 102 cm³/mol. The van der Waals surface area contributed by atoms with Gasteiger partial charge in [-0.3, -0.25) is 14.2 Å². The highest BCUT2D eigenvalue weighted by atomic mass is 16.7. The Morgan fingerprint density at radius 2 is 2.14 bits per heavy atom. The summed E-state index contributed by atoms with van der Waals surface area (Å²) in [6.45, 7) is 0.517. The third-order valence-electron chi connectivity index (χ3n) is 5.56. The highest BCUT2D eigenvalue weighted by Gasteiger charge is 2.53. The standard InChI is InChI=1S/C20H19N5O3/c1-24-7-5-20(27,19(24)26)17-10-15(23-28-17)13-3-2-4-14(9-13)16-11-22-18-12-21-6-8-25(16)18/h2-4,6,8-9,11-12,17,27H,5,7,10H2,1H3/t17-,20+/m0/s1. The minimum absolute atomic E-state index is 0.304. The summed E-state index contributed by atoms with van der Waals surface area (Å²) in [6.07, 6.45) is 7.18. The van der Waals surface area contributed by atoms with Crippen LogP contribution in [0.4, 0.5) is 0 Å². The monoisotopic (exact) mass is 377 g/mol. The Bertz CT molecular complexity index is 1110. The molecular formula is C20H19N5O3. The molecule has 0 spiro atoms. The fourth-order valence-corrected chi connectivity index (χ4v) is 3.89. The van der Waals surface area contributed by atoms with Crippen LogP contribution >= 0.6 is 0 Å². The molecule has 0 unspecified atom stereocenters. The van der Waals surface area contributed by atoms with Crippen molar-refractivity contribution >= 4 is 17.3 Å². The zero-order chi connectivity index (χ0) is 19.3. The molecule has 28 heavy (non-hydrogen) atoms. The number of imidazole rings is 1. The molecule has 0 aliphatic carbocycles. The van der Waals surface area contributed by atoms with Gasteiger partial charge >= 0.3 is 0 Å². The molecule has 3 aromatic rings. The first-order chi connectivity index (χ1) is 13.6. The number of hydrogen-bond donors (Lipinski definition) is 1. The van der Waals surface area contributed by atoms with Crippen molar-refractivity contribution in [3.63, 3.8) is 0 Å². The van der Waals surface area contributed by atoms with Crippen molar-refractivity contribution in [2.45, 2.75) is 24.5 Å². The van der Waals surface area contributed by atoms with Gasteiger partial charge in [-0.05, 0) is 6.07 Å². The quantitative estimate of drug-likeness (QED) is 0.746. The highest BCUT2D eigenvalue weighted by Crippen LogP contribution is 2.33. The Morgan fingerprint density at radius 1 is 1.29 bits per heavy atom. The van der Waals surface area contributed by atoms with Crippen LogP contribution in [0.5, 0.6) is 0 Å². The van der Waals surface area contributed by atoms with Gasteiger partial charge in [0.25, 0.3) is 5.91 Å². The molecule has 1 aromatic carbocycles. The molecule has 0 radical (unpaired) electrons. The number of oxime groups is 1. The molecule has 142 valence electrons. The van der Waals surface area contributed by atoms with Gasteiger partial charge in [-0.25, -0.2) is 4.98 Å². The second-order valence-electron chi connectivity index (χ2n) is 7.27. The minimum atomic E-state index is -1.51. The lowest BCUT2D eigenvalue weighted by Gasteiger charge is -2.25. The van der Waals surface area contributed by atoms with Crippen LogP contribution < -0.4 is 0 Å². The fraction of sp³-hybridized carbons (Fsp3) is 0.300. The van der Waals surface area contributed by atoms with Crippen molar-refractivity contribution in [1.82, 2.24) is 19.3 Å². The van der Waals surface area contributed by atoms with E-state index in [1.807, 2.05) is 41.1 Å². The smallest absolute Gasteiger partial charge is 0.258 e. The van der Waals surface area contributed by atoms with Crippen molar-refractivity contribution < 1.29 is 14.7 Å². The normalized spacial score (nSPS) is 24.6. The molecule has 8 heteroatoms. The van der Waals surface area contributed by atoms with Crippen LogP contribution in [-0.2, 0) is 9.63 Å². The van der Waals surface area contributed by atoms with Gasteiger partial charge in [-0.2, -0.15) is 0 Å². The van der Waals surface area contributed by atoms with Crippen molar-refractivity contribution in [1.29, 1.82) is 0 Å². The highest BCUT2D eigenvalue weighted by molar-refractivity contribution is 6.03. The molecule has 2 aromatic heterocycles. The third kappa shape index (κ3) is 2.49. The van der Waals surface area contributed by atoms with Gasteiger partial charge in [0.2, 0.25) is 0 Å². The van der Waals surface area contributed by atoms with Gasteiger partial charge in [0.1, 0.15) is 0 Å². The molecule has 0 saturated carbocycles. The fourth-order valence-electron chi connectivity index (χ4n) is 3.89. The number of carbonyl (C=O) groups is 1. The average Bonchev–Trinajstić information content (AvgIpc) is 3.44. The summed E-state index contributed by atoms with van der Waals surface area (Å²) >= 11 is 0. The average molecular weight is 377 g/mol. The van der Waals surface area contributed by atoms with E-state index in [9.17, 15) is 9.90 Å². The number of carbonyl (C=O) groups excluding carboxylic acids is 1. The van der Waals surface area contributed by atoms with Gasteiger partial charge in [0.05, 0.1) is 23.8 Å². The van der Waals surface area contributed by atoms with E-state index in [-0.39, 0.29) is 5.91 Å². The summed E-state index contributed by atoms with van der Waals surface area (Å²) in [4.78, 5) is 27.8. The van der Waals surface area contributed by atoms with Crippen LogP contribution in [0.3, 0.4) is 0 Å². The summed E-state index contributed by atoms with van der Waals surface area (Å²) < 4.78 is 1.97.